The number of hydrogen-bond donors (Lipinski definition) is 0. The number of benzene rings is 1. The highest BCUT2D eigenvalue weighted by atomic mass is 19.1. The molecule has 1 aromatic rings. The molecule has 0 amide bonds. The lowest BCUT2D eigenvalue weighted by molar-refractivity contribution is 0.635. The average Bonchev–Trinajstić information content (AvgIpc) is 1.80. The molecule has 0 aliphatic rings. The van der Waals surface area contributed by atoms with E-state index in [4.69, 9.17) is 0 Å². The molecule has 0 radical (unpaired) electrons. The Balaban J connectivity index is 0. The van der Waals surface area contributed by atoms with Crippen LogP contribution in [0.1, 0.15) is 5.56 Å². The highest BCUT2D eigenvalue weighted by Gasteiger charge is 1.93. The van der Waals surface area contributed by atoms with Crippen molar-refractivity contribution in [1.82, 2.24) is 0 Å². The van der Waals surface area contributed by atoms with E-state index < -0.39 is 0 Å². The molecular weight excluding hydrogens is 146 g/mol. The second-order valence-corrected chi connectivity index (χ2v) is 2.25. The van der Waals surface area contributed by atoms with Crippen molar-refractivity contribution in [3.63, 3.8) is 0 Å². The number of halogens is 1. The van der Waals surface area contributed by atoms with Gasteiger partial charge in [0, 0.05) is 0 Å². The summed E-state index contributed by atoms with van der Waals surface area (Å²) in [6.45, 7) is 1.88. The molecule has 1 aromatic carbocycles. The standard InChI is InChI=1S/C7H8BF.2H2O/c1-5-2-3-6(8)7(9)4-5;;/h2-4H,8H2,1H3;2*1H2. The molecule has 4 N–H and O–H groups in total. The Morgan fingerprint density at radius 2 is 1.82 bits per heavy atom. The SMILES string of the molecule is Bc1ccc(C)cc1F.O.O. The summed E-state index contributed by atoms with van der Waals surface area (Å²) in [6.07, 6.45) is 0. The van der Waals surface area contributed by atoms with Gasteiger partial charge in [0.05, 0.1) is 0 Å². The number of aryl methyl sites for hydroxylation is 1. The van der Waals surface area contributed by atoms with Gasteiger partial charge >= 0.3 is 0 Å². The molecule has 0 fully saturated rings. The van der Waals surface area contributed by atoms with E-state index in [1.165, 1.54) is 6.07 Å². The molecule has 11 heavy (non-hydrogen) atoms. The maximum Gasteiger partial charge on any atom is 0.143 e. The molecule has 0 aromatic heterocycles. The van der Waals surface area contributed by atoms with E-state index in [1.807, 2.05) is 13.0 Å². The average molecular weight is 158 g/mol. The van der Waals surface area contributed by atoms with Crippen molar-refractivity contribution in [1.29, 1.82) is 0 Å². The minimum Gasteiger partial charge on any atom is -0.412 e. The highest BCUT2D eigenvalue weighted by molar-refractivity contribution is 6.32. The van der Waals surface area contributed by atoms with Crippen LogP contribution in [0.5, 0.6) is 0 Å². The van der Waals surface area contributed by atoms with Gasteiger partial charge in [-0.1, -0.05) is 17.6 Å². The zero-order valence-corrected chi connectivity index (χ0v) is 6.61. The lowest BCUT2D eigenvalue weighted by Crippen LogP contribution is -2.06. The van der Waals surface area contributed by atoms with Crippen LogP contribution in [0.25, 0.3) is 0 Å². The first kappa shape index (κ1) is 12.8. The molecule has 2 nitrogen and oxygen atoms in total. The van der Waals surface area contributed by atoms with Gasteiger partial charge in [-0.15, -0.1) is 0 Å². The summed E-state index contributed by atoms with van der Waals surface area (Å²) >= 11 is 0. The summed E-state index contributed by atoms with van der Waals surface area (Å²) in [5.74, 6) is -0.116. The normalized spacial score (nSPS) is 7.82. The Morgan fingerprint density at radius 3 is 2.18 bits per heavy atom. The van der Waals surface area contributed by atoms with Crippen LogP contribution in [0.3, 0.4) is 0 Å². The maximum absolute atomic E-state index is 12.6. The molecule has 1 rings (SSSR count). The van der Waals surface area contributed by atoms with E-state index in [9.17, 15) is 4.39 Å². The third-order valence-electron chi connectivity index (χ3n) is 1.33. The molecule has 0 saturated carbocycles. The van der Waals surface area contributed by atoms with Crippen molar-refractivity contribution in [3.05, 3.63) is 29.6 Å². The Bertz CT molecular complexity index is 228. The minimum atomic E-state index is -0.116. The predicted octanol–water partition coefficient (Wildman–Crippen LogP) is -1.26. The fraction of sp³-hybridized carbons (Fsp3) is 0.143. The molecule has 62 valence electrons. The van der Waals surface area contributed by atoms with Crippen LogP contribution in [0.4, 0.5) is 4.39 Å². The first-order valence-corrected chi connectivity index (χ1v) is 2.93. The number of rotatable bonds is 0. The Labute approximate surface area is 66.1 Å². The van der Waals surface area contributed by atoms with Crippen LogP contribution in [-0.4, -0.2) is 18.8 Å². The maximum atomic E-state index is 12.6. The fourth-order valence-corrected chi connectivity index (χ4v) is 0.698. The van der Waals surface area contributed by atoms with E-state index in [0.29, 0.717) is 5.46 Å². The molecule has 0 saturated heterocycles. The van der Waals surface area contributed by atoms with E-state index in [-0.39, 0.29) is 16.8 Å². The topological polar surface area (TPSA) is 63.0 Å². The van der Waals surface area contributed by atoms with E-state index in [1.54, 1.807) is 13.9 Å². The summed E-state index contributed by atoms with van der Waals surface area (Å²) in [5.41, 5.74) is 1.68. The van der Waals surface area contributed by atoms with Crippen LogP contribution in [0, 0.1) is 12.7 Å². The zero-order chi connectivity index (χ0) is 6.85. The van der Waals surface area contributed by atoms with Gasteiger partial charge < -0.3 is 11.0 Å². The van der Waals surface area contributed by atoms with Crippen molar-refractivity contribution in [2.24, 2.45) is 0 Å². The summed E-state index contributed by atoms with van der Waals surface area (Å²) in [7, 11) is 1.76. The Kier molecular flexibility index (Phi) is 5.66. The predicted molar refractivity (Wildman–Crippen MR) is 46.5 cm³/mol. The van der Waals surface area contributed by atoms with E-state index in [0.717, 1.165) is 5.56 Å². The smallest absolute Gasteiger partial charge is 0.143 e. The lowest BCUT2D eigenvalue weighted by Gasteiger charge is -1.95. The van der Waals surface area contributed by atoms with Crippen LogP contribution in [-0.2, 0) is 0 Å². The zero-order valence-electron chi connectivity index (χ0n) is 6.61. The van der Waals surface area contributed by atoms with Gasteiger partial charge in [0.25, 0.3) is 0 Å². The van der Waals surface area contributed by atoms with Crippen molar-refractivity contribution < 1.29 is 15.3 Å². The van der Waals surface area contributed by atoms with Crippen LogP contribution in [0.15, 0.2) is 18.2 Å². The molecule has 0 aliphatic carbocycles. The monoisotopic (exact) mass is 158 g/mol. The Hall–Kier alpha value is -0.865. The Morgan fingerprint density at radius 1 is 1.27 bits per heavy atom. The second-order valence-electron chi connectivity index (χ2n) is 2.25. The third kappa shape index (κ3) is 3.16. The molecule has 0 aliphatic heterocycles. The van der Waals surface area contributed by atoms with Crippen molar-refractivity contribution in [2.45, 2.75) is 6.92 Å². The van der Waals surface area contributed by atoms with Crippen LogP contribution >= 0.6 is 0 Å². The van der Waals surface area contributed by atoms with Gasteiger partial charge in [-0.05, 0) is 18.6 Å². The molecule has 4 heteroatoms. The lowest BCUT2D eigenvalue weighted by atomic mass is 9.95. The second kappa shape index (κ2) is 4.88. The summed E-state index contributed by atoms with van der Waals surface area (Å²) in [4.78, 5) is 0. The molecular formula is C7H12BFO2. The van der Waals surface area contributed by atoms with Gasteiger partial charge in [0.1, 0.15) is 13.7 Å². The first-order valence-electron chi connectivity index (χ1n) is 2.93. The van der Waals surface area contributed by atoms with Gasteiger partial charge in [-0.25, -0.2) is 4.39 Å². The summed E-state index contributed by atoms with van der Waals surface area (Å²) in [6, 6.07) is 5.22. The largest absolute Gasteiger partial charge is 0.412 e. The van der Waals surface area contributed by atoms with Crippen molar-refractivity contribution in [2.75, 3.05) is 0 Å². The molecule has 0 atom stereocenters. The van der Waals surface area contributed by atoms with Gasteiger partial charge in [-0.3, -0.25) is 0 Å². The van der Waals surface area contributed by atoms with Crippen molar-refractivity contribution in [3.8, 4) is 0 Å². The molecule has 0 unspecified atom stereocenters. The van der Waals surface area contributed by atoms with Crippen LogP contribution in [0.2, 0.25) is 0 Å². The van der Waals surface area contributed by atoms with Gasteiger partial charge in [0.2, 0.25) is 0 Å². The first-order chi connectivity index (χ1) is 4.20. The van der Waals surface area contributed by atoms with Crippen LogP contribution < -0.4 is 5.46 Å². The third-order valence-corrected chi connectivity index (χ3v) is 1.33. The van der Waals surface area contributed by atoms with Crippen molar-refractivity contribution >= 4 is 13.3 Å². The molecule has 0 bridgehead atoms. The summed E-state index contributed by atoms with van der Waals surface area (Å²) in [5, 5.41) is 0. The summed E-state index contributed by atoms with van der Waals surface area (Å²) < 4.78 is 12.6. The minimum absolute atomic E-state index is 0. The van der Waals surface area contributed by atoms with Gasteiger partial charge in [0.15, 0.2) is 0 Å². The quantitative estimate of drug-likeness (QED) is 0.423. The molecule has 0 spiro atoms. The number of hydrogen-bond acceptors (Lipinski definition) is 0. The highest BCUT2D eigenvalue weighted by Crippen LogP contribution is 1.97. The molecule has 0 heterocycles. The van der Waals surface area contributed by atoms with Gasteiger partial charge in [-0.2, -0.15) is 0 Å². The van der Waals surface area contributed by atoms with E-state index >= 15 is 0 Å². The van der Waals surface area contributed by atoms with E-state index in [2.05, 4.69) is 0 Å². The fourth-order valence-electron chi connectivity index (χ4n) is 0.698.